The minimum absolute atomic E-state index is 0.0372. The van der Waals surface area contributed by atoms with E-state index < -0.39 is 0 Å². The fourth-order valence-corrected chi connectivity index (χ4v) is 11.2. The molecule has 8 aromatic rings. The molecule has 0 N–H and O–H groups in total. The van der Waals surface area contributed by atoms with E-state index in [1.807, 2.05) is 0 Å². The molecule has 2 aliphatic carbocycles. The molecule has 342 valence electrons. The molecule has 0 amide bonds. The average molecular weight is 888 g/mol. The Kier molecular flexibility index (Phi) is 10.5. The number of fused-ring (bicyclic) bond motifs is 6. The van der Waals surface area contributed by atoms with Gasteiger partial charge in [0.25, 0.3) is 0 Å². The molecular weight excluding hydrogens is 819 g/mol. The fraction of sp³-hybridized carbons (Fsp3) is 0.284. The lowest BCUT2D eigenvalue weighted by molar-refractivity contribution is 0.584. The molecule has 0 fully saturated rings. The van der Waals surface area contributed by atoms with Crippen molar-refractivity contribution in [2.75, 3.05) is 4.90 Å². The third-order valence-electron chi connectivity index (χ3n) is 15.6. The summed E-state index contributed by atoms with van der Waals surface area (Å²) in [5.41, 5.74) is 27.1. The Bertz CT molecular complexity index is 3100. The highest BCUT2D eigenvalue weighted by Gasteiger charge is 2.38. The van der Waals surface area contributed by atoms with Crippen molar-refractivity contribution in [1.82, 2.24) is 0 Å². The summed E-state index contributed by atoms with van der Waals surface area (Å²) in [6.07, 6.45) is 0. The minimum atomic E-state index is -0.148. The van der Waals surface area contributed by atoms with Crippen LogP contribution in [0.4, 0.5) is 17.1 Å². The van der Waals surface area contributed by atoms with Crippen molar-refractivity contribution in [3.05, 3.63) is 208 Å². The summed E-state index contributed by atoms with van der Waals surface area (Å²) in [6, 6.07) is 62.9. The van der Waals surface area contributed by atoms with Crippen molar-refractivity contribution in [2.45, 2.75) is 124 Å². The molecule has 0 saturated heterocycles. The zero-order chi connectivity index (χ0) is 48.3. The van der Waals surface area contributed by atoms with Crippen molar-refractivity contribution < 1.29 is 0 Å². The van der Waals surface area contributed by atoms with Crippen LogP contribution in [-0.4, -0.2) is 0 Å². The van der Waals surface area contributed by atoms with Crippen LogP contribution in [0.3, 0.4) is 0 Å². The zero-order valence-corrected chi connectivity index (χ0v) is 43.0. The number of anilines is 3. The summed E-state index contributed by atoms with van der Waals surface area (Å²) in [5, 5.41) is 0. The minimum Gasteiger partial charge on any atom is -0.310 e. The van der Waals surface area contributed by atoms with E-state index in [-0.39, 0.29) is 27.1 Å². The molecule has 0 saturated carbocycles. The quantitative estimate of drug-likeness (QED) is 0.161. The highest BCUT2D eigenvalue weighted by atomic mass is 15.1. The van der Waals surface area contributed by atoms with Crippen molar-refractivity contribution in [3.8, 4) is 55.6 Å². The van der Waals surface area contributed by atoms with Crippen molar-refractivity contribution in [3.63, 3.8) is 0 Å². The maximum atomic E-state index is 2.51. The maximum Gasteiger partial charge on any atom is 0.0474 e. The Morgan fingerprint density at radius 3 is 1.06 bits per heavy atom. The van der Waals surface area contributed by atoms with E-state index in [0.29, 0.717) is 0 Å². The van der Waals surface area contributed by atoms with Gasteiger partial charge in [0.1, 0.15) is 0 Å². The third-order valence-corrected chi connectivity index (χ3v) is 15.6. The van der Waals surface area contributed by atoms with E-state index in [9.17, 15) is 0 Å². The number of hydrogen-bond acceptors (Lipinski definition) is 1. The van der Waals surface area contributed by atoms with Crippen LogP contribution in [0.15, 0.2) is 164 Å². The van der Waals surface area contributed by atoms with Gasteiger partial charge in [-0.2, -0.15) is 0 Å². The Labute approximate surface area is 408 Å². The number of rotatable bonds is 6. The van der Waals surface area contributed by atoms with Crippen molar-refractivity contribution in [2.24, 2.45) is 0 Å². The lowest BCUT2D eigenvalue weighted by atomic mass is 9.78. The average Bonchev–Trinajstić information content (AvgIpc) is 3.67. The first-order valence-corrected chi connectivity index (χ1v) is 24.8. The second-order valence-electron chi connectivity index (χ2n) is 24.0. The van der Waals surface area contributed by atoms with Crippen molar-refractivity contribution in [1.29, 1.82) is 0 Å². The first-order valence-electron chi connectivity index (χ1n) is 24.8. The first kappa shape index (κ1) is 45.3. The summed E-state index contributed by atoms with van der Waals surface area (Å²) in [7, 11) is 0. The molecule has 10 rings (SSSR count). The first-order chi connectivity index (χ1) is 32.0. The van der Waals surface area contributed by atoms with Crippen LogP contribution in [0.2, 0.25) is 0 Å². The highest BCUT2D eigenvalue weighted by Crippen LogP contribution is 2.54. The van der Waals surface area contributed by atoms with Gasteiger partial charge in [0.05, 0.1) is 0 Å². The molecule has 0 bridgehead atoms. The van der Waals surface area contributed by atoms with Gasteiger partial charge in [0, 0.05) is 27.9 Å². The third kappa shape index (κ3) is 7.63. The predicted octanol–water partition coefficient (Wildman–Crippen LogP) is 19.0. The van der Waals surface area contributed by atoms with E-state index in [0.717, 1.165) is 17.1 Å². The maximum absolute atomic E-state index is 2.51. The van der Waals surface area contributed by atoms with Gasteiger partial charge in [-0.25, -0.2) is 0 Å². The van der Waals surface area contributed by atoms with Crippen LogP contribution in [0.25, 0.3) is 55.6 Å². The molecule has 0 aromatic heterocycles. The van der Waals surface area contributed by atoms with Crippen LogP contribution in [0.1, 0.15) is 135 Å². The van der Waals surface area contributed by atoms with E-state index in [1.165, 1.54) is 100 Å². The molecule has 0 radical (unpaired) electrons. The van der Waals surface area contributed by atoms with E-state index in [1.54, 1.807) is 0 Å². The summed E-state index contributed by atoms with van der Waals surface area (Å²) in [5.74, 6) is 0. The standard InChI is InChI=1S/C67H69N/c1-42-57(45-22-32-53-55-34-26-48(64(5,6)7)38-61(55)66(11,12)59(53)36-45)40-52(41-58(42)46-23-33-54-56-35-27-49(65(8,9)10)39-62(56)67(13,14)60(54)37-46)68(51-30-24-47(25-31-51)63(2,3)4)50-28-20-44(21-29-50)43-18-16-15-17-19-43/h15-41H,1-14H3. The largest absolute Gasteiger partial charge is 0.310 e. The molecule has 0 atom stereocenters. The summed E-state index contributed by atoms with van der Waals surface area (Å²) >= 11 is 0. The summed E-state index contributed by atoms with van der Waals surface area (Å²) in [6.45, 7) is 32.8. The fourth-order valence-electron chi connectivity index (χ4n) is 11.2. The molecule has 8 aromatic carbocycles. The molecule has 1 heteroatoms. The predicted molar refractivity (Wildman–Crippen MR) is 293 cm³/mol. The zero-order valence-electron chi connectivity index (χ0n) is 43.0. The molecule has 2 aliphatic rings. The number of hydrogen-bond donors (Lipinski definition) is 0. The lowest BCUT2D eigenvalue weighted by Crippen LogP contribution is -2.18. The topological polar surface area (TPSA) is 3.24 Å². The molecular formula is C67H69N. The second kappa shape index (κ2) is 15.8. The van der Waals surface area contributed by atoms with Crippen molar-refractivity contribution >= 4 is 17.1 Å². The monoisotopic (exact) mass is 888 g/mol. The molecule has 0 unspecified atom stereocenters. The van der Waals surface area contributed by atoms with Crippen LogP contribution < -0.4 is 4.90 Å². The molecule has 68 heavy (non-hydrogen) atoms. The van der Waals surface area contributed by atoms with E-state index in [4.69, 9.17) is 0 Å². The van der Waals surface area contributed by atoms with Gasteiger partial charge in [-0.15, -0.1) is 0 Å². The molecule has 0 spiro atoms. The SMILES string of the molecule is Cc1c(-c2ccc3c(c2)C(C)(C)c2cc(C(C)(C)C)ccc2-3)cc(N(c2ccc(-c3ccccc3)cc2)c2ccc(C(C)(C)C)cc2)cc1-c1ccc2c(c1)C(C)(C)c1cc(C(C)(C)C)ccc1-2. The van der Waals surface area contributed by atoms with Gasteiger partial charge in [-0.3, -0.25) is 0 Å². The number of nitrogens with zero attached hydrogens (tertiary/aromatic N) is 1. The van der Waals surface area contributed by atoms with E-state index >= 15 is 0 Å². The summed E-state index contributed by atoms with van der Waals surface area (Å²) < 4.78 is 0. The Morgan fingerprint density at radius 2 is 0.647 bits per heavy atom. The Hall–Kier alpha value is -6.44. The van der Waals surface area contributed by atoms with E-state index in [2.05, 4.69) is 266 Å². The smallest absolute Gasteiger partial charge is 0.0474 e. The van der Waals surface area contributed by atoms with Gasteiger partial charge in [-0.05, 0) is 172 Å². The second-order valence-corrected chi connectivity index (χ2v) is 24.0. The number of benzene rings is 8. The van der Waals surface area contributed by atoms with Gasteiger partial charge < -0.3 is 4.90 Å². The van der Waals surface area contributed by atoms with Gasteiger partial charge in [-0.1, -0.05) is 205 Å². The van der Waals surface area contributed by atoms with Crippen LogP contribution in [-0.2, 0) is 27.1 Å². The highest BCUT2D eigenvalue weighted by molar-refractivity contribution is 5.92. The molecule has 0 heterocycles. The Balaban J connectivity index is 1.18. The van der Waals surface area contributed by atoms with Crippen LogP contribution >= 0.6 is 0 Å². The van der Waals surface area contributed by atoms with Crippen LogP contribution in [0, 0.1) is 6.92 Å². The summed E-state index contributed by atoms with van der Waals surface area (Å²) in [4.78, 5) is 2.47. The van der Waals surface area contributed by atoms with Gasteiger partial charge in [0.15, 0.2) is 0 Å². The van der Waals surface area contributed by atoms with Gasteiger partial charge in [0.2, 0.25) is 0 Å². The normalized spacial score (nSPS) is 14.6. The molecule has 1 nitrogen and oxygen atoms in total. The van der Waals surface area contributed by atoms with Crippen LogP contribution in [0.5, 0.6) is 0 Å². The lowest BCUT2D eigenvalue weighted by Gasteiger charge is -2.29. The van der Waals surface area contributed by atoms with Gasteiger partial charge >= 0.3 is 0 Å². The molecule has 0 aliphatic heterocycles. The Morgan fingerprint density at radius 1 is 0.309 bits per heavy atom.